The molecule has 20 heavy (non-hydrogen) atoms. The molecule has 3 nitrogen and oxygen atoms in total. The highest BCUT2D eigenvalue weighted by Gasteiger charge is 2.14. The summed E-state index contributed by atoms with van der Waals surface area (Å²) in [5.41, 5.74) is 0.632. The number of nitrogens with one attached hydrogen (secondary N) is 1. The zero-order valence-electron chi connectivity index (χ0n) is 11.9. The van der Waals surface area contributed by atoms with Crippen LogP contribution in [-0.2, 0) is 0 Å². The van der Waals surface area contributed by atoms with Crippen molar-refractivity contribution in [1.29, 1.82) is 0 Å². The third kappa shape index (κ3) is 4.41. The van der Waals surface area contributed by atoms with E-state index in [9.17, 15) is 4.79 Å². The van der Waals surface area contributed by atoms with Crippen LogP contribution in [0.25, 0.3) is 0 Å². The molecule has 1 saturated carbocycles. The Balaban J connectivity index is 1.88. The molecule has 0 heterocycles. The van der Waals surface area contributed by atoms with Gasteiger partial charge in [0, 0.05) is 12.1 Å². The van der Waals surface area contributed by atoms with Crippen LogP contribution in [-0.4, -0.2) is 19.1 Å². The maximum Gasteiger partial charge on any atom is 0.251 e. The third-order valence-corrected chi connectivity index (χ3v) is 3.71. The smallest absolute Gasteiger partial charge is 0.251 e. The molecule has 1 aromatic carbocycles. The molecule has 1 amide bonds. The molecule has 0 radical (unpaired) electrons. The van der Waals surface area contributed by atoms with Gasteiger partial charge in [-0.05, 0) is 37.0 Å². The summed E-state index contributed by atoms with van der Waals surface area (Å²) in [6.45, 7) is 4.83. The van der Waals surface area contributed by atoms with E-state index in [1.165, 1.54) is 32.1 Å². The van der Waals surface area contributed by atoms with E-state index in [0.29, 0.717) is 18.0 Å². The van der Waals surface area contributed by atoms with E-state index < -0.39 is 0 Å². The highest BCUT2D eigenvalue weighted by Crippen LogP contribution is 2.24. The fraction of sp³-hybridized carbons (Fsp3) is 0.471. The number of ether oxygens (including phenoxy) is 1. The third-order valence-electron chi connectivity index (χ3n) is 3.71. The summed E-state index contributed by atoms with van der Waals surface area (Å²) >= 11 is 0. The van der Waals surface area contributed by atoms with Crippen LogP contribution >= 0.6 is 0 Å². The first-order valence-corrected chi connectivity index (χ1v) is 7.41. The van der Waals surface area contributed by atoms with E-state index in [1.54, 1.807) is 18.2 Å². The van der Waals surface area contributed by atoms with Crippen LogP contribution in [0.3, 0.4) is 0 Å². The molecule has 0 aliphatic heterocycles. The number of rotatable bonds is 6. The van der Waals surface area contributed by atoms with Crippen molar-refractivity contribution in [2.45, 2.75) is 32.1 Å². The molecule has 0 unspecified atom stereocenters. The molecule has 1 N–H and O–H groups in total. The highest BCUT2D eigenvalue weighted by atomic mass is 16.5. The molecule has 2 rings (SSSR count). The number of hydrogen-bond acceptors (Lipinski definition) is 2. The number of amides is 1. The Kier molecular flexibility index (Phi) is 5.66. The first-order valence-electron chi connectivity index (χ1n) is 7.41. The van der Waals surface area contributed by atoms with Crippen LogP contribution in [0.1, 0.15) is 42.5 Å². The maximum atomic E-state index is 11.8. The molecule has 1 aliphatic rings. The van der Waals surface area contributed by atoms with Crippen molar-refractivity contribution in [3.8, 4) is 5.75 Å². The van der Waals surface area contributed by atoms with Gasteiger partial charge in [0.2, 0.25) is 0 Å². The van der Waals surface area contributed by atoms with Gasteiger partial charge in [-0.1, -0.05) is 31.4 Å². The van der Waals surface area contributed by atoms with Gasteiger partial charge in [0.25, 0.3) is 5.91 Å². The molecule has 108 valence electrons. The van der Waals surface area contributed by atoms with Crippen LogP contribution in [0.15, 0.2) is 36.9 Å². The number of hydrogen-bond donors (Lipinski definition) is 1. The monoisotopic (exact) mass is 273 g/mol. The minimum absolute atomic E-state index is 0.0898. The second-order valence-electron chi connectivity index (χ2n) is 5.34. The van der Waals surface area contributed by atoms with E-state index in [-0.39, 0.29) is 5.91 Å². The normalized spacial score (nSPS) is 15.6. The molecule has 1 aliphatic carbocycles. The molecule has 3 heteroatoms. The number of benzene rings is 1. The SMILES string of the molecule is C=CCNC(=O)c1cccc(OCC2CCCCC2)c1. The van der Waals surface area contributed by atoms with Crippen molar-refractivity contribution in [2.24, 2.45) is 5.92 Å². The zero-order valence-corrected chi connectivity index (χ0v) is 11.9. The van der Waals surface area contributed by atoms with Gasteiger partial charge in [-0.3, -0.25) is 4.79 Å². The lowest BCUT2D eigenvalue weighted by Crippen LogP contribution is -2.23. The summed E-state index contributed by atoms with van der Waals surface area (Å²) in [4.78, 5) is 11.8. The van der Waals surface area contributed by atoms with Crippen molar-refractivity contribution >= 4 is 5.91 Å². The molecular formula is C17H23NO2. The summed E-state index contributed by atoms with van der Waals surface area (Å²) in [5.74, 6) is 1.36. The average Bonchev–Trinajstić information content (AvgIpc) is 2.52. The summed E-state index contributed by atoms with van der Waals surface area (Å²) in [6, 6.07) is 7.37. The Hall–Kier alpha value is -1.77. The first-order chi connectivity index (χ1) is 9.79. The Morgan fingerprint density at radius 2 is 2.15 bits per heavy atom. The summed E-state index contributed by atoms with van der Waals surface area (Å²) in [6.07, 6.45) is 8.19. The molecule has 0 bridgehead atoms. The van der Waals surface area contributed by atoms with Crippen molar-refractivity contribution in [2.75, 3.05) is 13.2 Å². The largest absolute Gasteiger partial charge is 0.493 e. The van der Waals surface area contributed by atoms with Gasteiger partial charge in [-0.25, -0.2) is 0 Å². The molecule has 0 aromatic heterocycles. The topological polar surface area (TPSA) is 38.3 Å². The van der Waals surface area contributed by atoms with Crippen molar-refractivity contribution in [3.05, 3.63) is 42.5 Å². The van der Waals surface area contributed by atoms with E-state index in [4.69, 9.17) is 4.74 Å². The van der Waals surface area contributed by atoms with E-state index >= 15 is 0 Å². The quantitative estimate of drug-likeness (QED) is 0.805. The van der Waals surface area contributed by atoms with Crippen LogP contribution in [0.2, 0.25) is 0 Å². The average molecular weight is 273 g/mol. The Morgan fingerprint density at radius 1 is 1.35 bits per heavy atom. The number of carbonyl (C=O) groups excluding carboxylic acids is 1. The Morgan fingerprint density at radius 3 is 2.90 bits per heavy atom. The van der Waals surface area contributed by atoms with Gasteiger partial charge in [-0.15, -0.1) is 6.58 Å². The molecule has 0 spiro atoms. The highest BCUT2D eigenvalue weighted by molar-refractivity contribution is 5.94. The van der Waals surface area contributed by atoms with E-state index in [2.05, 4.69) is 11.9 Å². The van der Waals surface area contributed by atoms with E-state index in [0.717, 1.165) is 12.4 Å². The first kappa shape index (κ1) is 14.6. The molecule has 1 aromatic rings. The van der Waals surface area contributed by atoms with Crippen LogP contribution in [0, 0.1) is 5.92 Å². The standard InChI is InChI=1S/C17H23NO2/c1-2-11-18-17(19)15-9-6-10-16(12-15)20-13-14-7-4-3-5-8-14/h2,6,9-10,12,14H,1,3-5,7-8,11,13H2,(H,18,19). The van der Waals surface area contributed by atoms with E-state index in [1.807, 2.05) is 12.1 Å². The van der Waals surface area contributed by atoms with Crippen molar-refractivity contribution < 1.29 is 9.53 Å². The predicted molar refractivity (Wildman–Crippen MR) is 81.0 cm³/mol. The van der Waals surface area contributed by atoms with Gasteiger partial charge in [-0.2, -0.15) is 0 Å². The zero-order chi connectivity index (χ0) is 14.2. The van der Waals surface area contributed by atoms with Gasteiger partial charge in [0.15, 0.2) is 0 Å². The van der Waals surface area contributed by atoms with Gasteiger partial charge in [0.05, 0.1) is 6.61 Å². The van der Waals surface area contributed by atoms with Crippen molar-refractivity contribution in [1.82, 2.24) is 5.32 Å². The summed E-state index contributed by atoms with van der Waals surface area (Å²) in [7, 11) is 0. The predicted octanol–water partition coefficient (Wildman–Crippen LogP) is 3.56. The lowest BCUT2D eigenvalue weighted by molar-refractivity contribution is 0.0957. The van der Waals surface area contributed by atoms with Crippen LogP contribution in [0.4, 0.5) is 0 Å². The lowest BCUT2D eigenvalue weighted by atomic mass is 9.90. The Labute approximate surface area is 121 Å². The van der Waals surface area contributed by atoms with Gasteiger partial charge < -0.3 is 10.1 Å². The second-order valence-corrected chi connectivity index (χ2v) is 5.34. The number of carbonyl (C=O) groups is 1. The molecular weight excluding hydrogens is 250 g/mol. The molecule has 1 fully saturated rings. The van der Waals surface area contributed by atoms with Gasteiger partial charge >= 0.3 is 0 Å². The lowest BCUT2D eigenvalue weighted by Gasteiger charge is -2.21. The van der Waals surface area contributed by atoms with Crippen LogP contribution in [0.5, 0.6) is 5.75 Å². The molecule has 0 saturated heterocycles. The van der Waals surface area contributed by atoms with Gasteiger partial charge in [0.1, 0.15) is 5.75 Å². The minimum Gasteiger partial charge on any atom is -0.493 e. The molecule has 0 atom stereocenters. The summed E-state index contributed by atoms with van der Waals surface area (Å²) in [5, 5.41) is 2.77. The van der Waals surface area contributed by atoms with Crippen LogP contribution < -0.4 is 10.1 Å². The van der Waals surface area contributed by atoms with Crippen molar-refractivity contribution in [3.63, 3.8) is 0 Å². The summed E-state index contributed by atoms with van der Waals surface area (Å²) < 4.78 is 5.84. The fourth-order valence-electron chi connectivity index (χ4n) is 2.56. The second kappa shape index (κ2) is 7.73. The Bertz CT molecular complexity index is 450. The fourth-order valence-corrected chi connectivity index (χ4v) is 2.56. The maximum absolute atomic E-state index is 11.8. The minimum atomic E-state index is -0.0898.